The highest BCUT2D eigenvalue weighted by atomic mass is 32.1. The van der Waals surface area contributed by atoms with Gasteiger partial charge in [-0.05, 0) is 68.1 Å². The molecule has 2 aromatic carbocycles. The van der Waals surface area contributed by atoms with Gasteiger partial charge in [0, 0.05) is 26.6 Å². The fraction of sp³-hybridized carbons (Fsp3) is 0.417. The van der Waals surface area contributed by atoms with Crippen LogP contribution >= 0.6 is 11.3 Å². The Morgan fingerprint density at radius 3 is 2.65 bits per heavy atom. The second-order valence-electron chi connectivity index (χ2n) is 7.95. The molecule has 1 fully saturated rings. The molecule has 1 aromatic heterocycles. The normalized spacial score (nSPS) is 13.5. The van der Waals surface area contributed by atoms with Gasteiger partial charge in [0.2, 0.25) is 5.91 Å². The van der Waals surface area contributed by atoms with Crippen LogP contribution in [0.3, 0.4) is 0 Å². The second-order valence-corrected chi connectivity index (χ2v) is 8.94. The average Bonchev–Trinajstić information content (AvgIpc) is 3.48. The third kappa shape index (κ3) is 6.94. The molecule has 1 N–H and O–H groups in total. The molecule has 1 aliphatic rings. The van der Waals surface area contributed by atoms with E-state index in [0.29, 0.717) is 11.8 Å². The molecule has 1 saturated carbocycles. The standard InChI is InChI=1S/C24H29N3O3S/c1-18(28)25-13-4-14-27(17-19-7-8-19)15-16-29-20-9-11-21(12-10-20)30-24-26-22-5-2-3-6-23(22)31-24/h2-3,5-6,9-12,19H,4,7-8,13-17H2,1H3,(H,25,28). The number of para-hydroxylation sites is 1. The molecule has 0 saturated heterocycles. The van der Waals surface area contributed by atoms with Crippen LogP contribution in [-0.2, 0) is 4.79 Å². The van der Waals surface area contributed by atoms with Gasteiger partial charge in [-0.15, -0.1) is 0 Å². The SMILES string of the molecule is CC(=O)NCCCN(CCOc1ccc(Oc2nc3ccccc3s2)cc1)CC1CC1. The van der Waals surface area contributed by atoms with Crippen molar-refractivity contribution in [3.63, 3.8) is 0 Å². The number of amides is 1. The minimum atomic E-state index is 0.0348. The number of nitrogens with one attached hydrogen (secondary N) is 1. The van der Waals surface area contributed by atoms with Crippen molar-refractivity contribution >= 4 is 27.5 Å². The third-order valence-corrected chi connectivity index (χ3v) is 6.13. The van der Waals surface area contributed by atoms with E-state index in [1.165, 1.54) is 24.2 Å². The fourth-order valence-corrected chi connectivity index (χ4v) is 4.25. The van der Waals surface area contributed by atoms with Gasteiger partial charge in [0.15, 0.2) is 0 Å². The number of hydrogen-bond donors (Lipinski definition) is 1. The molecule has 4 rings (SSSR count). The first-order chi connectivity index (χ1) is 15.2. The van der Waals surface area contributed by atoms with Gasteiger partial charge in [-0.3, -0.25) is 9.69 Å². The van der Waals surface area contributed by atoms with Crippen molar-refractivity contribution in [1.82, 2.24) is 15.2 Å². The minimum absolute atomic E-state index is 0.0348. The number of nitrogens with zero attached hydrogens (tertiary/aromatic N) is 2. The van der Waals surface area contributed by atoms with Gasteiger partial charge in [0.1, 0.15) is 18.1 Å². The molecule has 1 aliphatic carbocycles. The van der Waals surface area contributed by atoms with Gasteiger partial charge >= 0.3 is 0 Å². The van der Waals surface area contributed by atoms with Crippen molar-refractivity contribution in [3.05, 3.63) is 48.5 Å². The van der Waals surface area contributed by atoms with E-state index in [1.54, 1.807) is 6.92 Å². The van der Waals surface area contributed by atoms with Crippen molar-refractivity contribution < 1.29 is 14.3 Å². The Morgan fingerprint density at radius 2 is 1.90 bits per heavy atom. The number of fused-ring (bicyclic) bond motifs is 1. The van der Waals surface area contributed by atoms with Gasteiger partial charge in [0.05, 0.1) is 10.2 Å². The first-order valence-electron chi connectivity index (χ1n) is 10.9. The highest BCUT2D eigenvalue weighted by Crippen LogP contribution is 2.32. The summed E-state index contributed by atoms with van der Waals surface area (Å²) in [6.07, 6.45) is 3.63. The lowest BCUT2D eigenvalue weighted by atomic mass is 10.3. The van der Waals surface area contributed by atoms with Crippen LogP contribution in [0.1, 0.15) is 26.2 Å². The zero-order valence-corrected chi connectivity index (χ0v) is 18.7. The molecule has 6 nitrogen and oxygen atoms in total. The molecule has 0 aliphatic heterocycles. The van der Waals surface area contributed by atoms with Crippen LogP contribution in [0, 0.1) is 5.92 Å². The van der Waals surface area contributed by atoms with Crippen molar-refractivity contribution in [2.75, 3.05) is 32.8 Å². The van der Waals surface area contributed by atoms with E-state index in [0.717, 1.165) is 60.2 Å². The van der Waals surface area contributed by atoms with E-state index in [9.17, 15) is 4.79 Å². The van der Waals surface area contributed by atoms with Crippen LogP contribution in [0.4, 0.5) is 0 Å². The van der Waals surface area contributed by atoms with Crippen LogP contribution in [-0.4, -0.2) is 48.6 Å². The van der Waals surface area contributed by atoms with E-state index in [1.807, 2.05) is 48.5 Å². The summed E-state index contributed by atoms with van der Waals surface area (Å²) >= 11 is 1.54. The molecule has 0 spiro atoms. The second kappa shape index (κ2) is 10.6. The molecule has 0 radical (unpaired) electrons. The quantitative estimate of drug-likeness (QED) is 0.414. The van der Waals surface area contributed by atoms with Crippen LogP contribution in [0.5, 0.6) is 16.7 Å². The maximum Gasteiger partial charge on any atom is 0.279 e. The summed E-state index contributed by atoms with van der Waals surface area (Å²) in [6.45, 7) is 5.93. The first kappa shape index (κ1) is 21.6. The summed E-state index contributed by atoms with van der Waals surface area (Å²) in [5.74, 6) is 2.45. The Kier molecular flexibility index (Phi) is 7.38. The molecule has 1 heterocycles. The highest BCUT2D eigenvalue weighted by Gasteiger charge is 2.24. The van der Waals surface area contributed by atoms with Gasteiger partial charge < -0.3 is 14.8 Å². The number of rotatable bonds is 12. The molecule has 0 atom stereocenters. The molecule has 1 amide bonds. The number of hydrogen-bond acceptors (Lipinski definition) is 6. The minimum Gasteiger partial charge on any atom is -0.492 e. The molecule has 31 heavy (non-hydrogen) atoms. The Bertz CT molecular complexity index is 952. The van der Waals surface area contributed by atoms with Gasteiger partial charge in [-0.2, -0.15) is 0 Å². The Hall–Kier alpha value is -2.64. The topological polar surface area (TPSA) is 63.7 Å². The molecule has 7 heteroatoms. The molecular weight excluding hydrogens is 410 g/mol. The van der Waals surface area contributed by atoms with Crippen molar-refractivity contribution in [1.29, 1.82) is 0 Å². The zero-order valence-electron chi connectivity index (χ0n) is 17.9. The van der Waals surface area contributed by atoms with Crippen molar-refractivity contribution in [3.8, 4) is 16.7 Å². The predicted molar refractivity (Wildman–Crippen MR) is 124 cm³/mol. The van der Waals surface area contributed by atoms with Gasteiger partial charge in [-0.25, -0.2) is 4.98 Å². The Morgan fingerprint density at radius 1 is 1.13 bits per heavy atom. The largest absolute Gasteiger partial charge is 0.492 e. The van der Waals surface area contributed by atoms with Crippen LogP contribution < -0.4 is 14.8 Å². The van der Waals surface area contributed by atoms with E-state index < -0.39 is 0 Å². The van der Waals surface area contributed by atoms with Crippen LogP contribution in [0.2, 0.25) is 0 Å². The summed E-state index contributed by atoms with van der Waals surface area (Å²) in [5, 5.41) is 3.51. The predicted octanol–water partition coefficient (Wildman–Crippen LogP) is 4.71. The molecular formula is C24H29N3O3S. The fourth-order valence-electron chi connectivity index (χ4n) is 3.42. The zero-order chi connectivity index (χ0) is 21.5. The van der Waals surface area contributed by atoms with E-state index in [4.69, 9.17) is 9.47 Å². The number of benzene rings is 2. The number of aromatic nitrogens is 1. The Labute approximate surface area is 187 Å². The van der Waals surface area contributed by atoms with Crippen LogP contribution in [0.15, 0.2) is 48.5 Å². The summed E-state index contributed by atoms with van der Waals surface area (Å²) in [6, 6.07) is 15.7. The Balaban J connectivity index is 1.22. The maximum absolute atomic E-state index is 11.0. The summed E-state index contributed by atoms with van der Waals surface area (Å²) < 4.78 is 13.0. The lowest BCUT2D eigenvalue weighted by molar-refractivity contribution is -0.118. The molecule has 164 valence electrons. The van der Waals surface area contributed by atoms with Gasteiger partial charge in [0.25, 0.3) is 5.19 Å². The van der Waals surface area contributed by atoms with E-state index >= 15 is 0 Å². The number of thiazole rings is 1. The number of ether oxygens (including phenoxy) is 2. The van der Waals surface area contributed by atoms with E-state index in [-0.39, 0.29) is 5.91 Å². The monoisotopic (exact) mass is 439 g/mol. The van der Waals surface area contributed by atoms with E-state index in [2.05, 4.69) is 15.2 Å². The smallest absolute Gasteiger partial charge is 0.279 e. The summed E-state index contributed by atoms with van der Waals surface area (Å²) in [4.78, 5) is 18.0. The molecule has 0 unspecified atom stereocenters. The van der Waals surface area contributed by atoms with Crippen LogP contribution in [0.25, 0.3) is 10.2 Å². The third-order valence-electron chi connectivity index (χ3n) is 5.22. The lowest BCUT2D eigenvalue weighted by Crippen LogP contribution is -2.33. The number of carbonyl (C=O) groups excluding carboxylic acids is 1. The molecule has 0 bridgehead atoms. The molecule has 3 aromatic rings. The summed E-state index contributed by atoms with van der Waals surface area (Å²) in [7, 11) is 0. The first-order valence-corrected chi connectivity index (χ1v) is 11.7. The number of carbonyl (C=O) groups is 1. The van der Waals surface area contributed by atoms with Crippen molar-refractivity contribution in [2.45, 2.75) is 26.2 Å². The lowest BCUT2D eigenvalue weighted by Gasteiger charge is -2.22. The summed E-state index contributed by atoms with van der Waals surface area (Å²) in [5.41, 5.74) is 0.954. The average molecular weight is 440 g/mol. The van der Waals surface area contributed by atoms with Gasteiger partial charge in [-0.1, -0.05) is 23.5 Å². The maximum atomic E-state index is 11.0. The van der Waals surface area contributed by atoms with Crippen molar-refractivity contribution in [2.24, 2.45) is 5.92 Å². The highest BCUT2D eigenvalue weighted by molar-refractivity contribution is 7.20.